The van der Waals surface area contributed by atoms with E-state index >= 15 is 0 Å². The average molecular weight is 253 g/mol. The van der Waals surface area contributed by atoms with Gasteiger partial charge in [0.05, 0.1) is 7.11 Å². The van der Waals surface area contributed by atoms with Crippen LogP contribution in [0.3, 0.4) is 0 Å². The van der Waals surface area contributed by atoms with Crippen molar-refractivity contribution >= 4 is 11.9 Å². The topological polar surface area (TPSA) is 72.0 Å². The molecule has 0 aliphatic heterocycles. The third-order valence-electron chi connectivity index (χ3n) is 2.33. The Morgan fingerprint density at radius 1 is 1.11 bits per heavy atom. The molecule has 1 aromatic heterocycles. The fourth-order valence-corrected chi connectivity index (χ4v) is 1.74. The zero-order valence-electron chi connectivity index (χ0n) is 11.8. The first-order chi connectivity index (χ1) is 8.55. The van der Waals surface area contributed by atoms with E-state index in [2.05, 4.69) is 46.4 Å². The van der Waals surface area contributed by atoms with Crippen LogP contribution in [0, 0.1) is 5.92 Å². The number of hydrogen-bond acceptors (Lipinski definition) is 6. The van der Waals surface area contributed by atoms with Crippen LogP contribution in [0.1, 0.15) is 34.1 Å². The maximum absolute atomic E-state index is 5.06. The van der Waals surface area contributed by atoms with Crippen molar-refractivity contribution in [1.82, 2.24) is 15.0 Å². The number of aromatic nitrogens is 3. The number of nitrogens with one attached hydrogen (secondary N) is 2. The van der Waals surface area contributed by atoms with Crippen LogP contribution < -0.4 is 15.4 Å². The van der Waals surface area contributed by atoms with E-state index in [4.69, 9.17) is 4.74 Å². The quantitative estimate of drug-likeness (QED) is 0.776. The van der Waals surface area contributed by atoms with Gasteiger partial charge >= 0.3 is 6.01 Å². The van der Waals surface area contributed by atoms with Gasteiger partial charge in [0, 0.05) is 12.6 Å². The largest absolute Gasteiger partial charge is 0.467 e. The molecule has 0 amide bonds. The highest BCUT2D eigenvalue weighted by molar-refractivity contribution is 5.36. The van der Waals surface area contributed by atoms with Crippen LogP contribution in [0.5, 0.6) is 6.01 Å². The van der Waals surface area contributed by atoms with Gasteiger partial charge in [-0.3, -0.25) is 0 Å². The lowest BCUT2D eigenvalue weighted by atomic mass is 10.1. The number of rotatable bonds is 7. The Labute approximate surface area is 109 Å². The molecule has 0 radical (unpaired) electrons. The molecule has 102 valence electrons. The fourth-order valence-electron chi connectivity index (χ4n) is 1.74. The van der Waals surface area contributed by atoms with Crippen LogP contribution in [0.2, 0.25) is 0 Å². The summed E-state index contributed by atoms with van der Waals surface area (Å²) in [6.07, 6.45) is 1.06. The highest BCUT2D eigenvalue weighted by Gasteiger charge is 2.10. The molecular weight excluding hydrogens is 230 g/mol. The van der Waals surface area contributed by atoms with Gasteiger partial charge in [-0.2, -0.15) is 15.0 Å². The third-order valence-corrected chi connectivity index (χ3v) is 2.33. The van der Waals surface area contributed by atoms with E-state index in [-0.39, 0.29) is 0 Å². The molecule has 6 nitrogen and oxygen atoms in total. The average Bonchev–Trinajstić information content (AvgIpc) is 2.27. The number of hydrogen-bond donors (Lipinski definition) is 2. The Balaban J connectivity index is 2.77. The van der Waals surface area contributed by atoms with Crippen molar-refractivity contribution in [1.29, 1.82) is 0 Å². The Bertz CT molecular complexity index is 369. The second-order valence-electron chi connectivity index (χ2n) is 4.67. The highest BCUT2D eigenvalue weighted by atomic mass is 16.5. The van der Waals surface area contributed by atoms with Gasteiger partial charge in [-0.25, -0.2) is 0 Å². The fraction of sp³-hybridized carbons (Fsp3) is 0.750. The van der Waals surface area contributed by atoms with Crippen molar-refractivity contribution in [2.45, 2.75) is 40.2 Å². The van der Waals surface area contributed by atoms with Gasteiger partial charge in [0.15, 0.2) is 0 Å². The van der Waals surface area contributed by atoms with Crippen LogP contribution in [0.4, 0.5) is 11.9 Å². The van der Waals surface area contributed by atoms with Gasteiger partial charge in [0.25, 0.3) is 0 Å². The van der Waals surface area contributed by atoms with Crippen molar-refractivity contribution in [3.05, 3.63) is 0 Å². The molecular formula is C12H23N5O. The summed E-state index contributed by atoms with van der Waals surface area (Å²) in [7, 11) is 1.55. The van der Waals surface area contributed by atoms with Crippen molar-refractivity contribution in [2.24, 2.45) is 5.92 Å². The minimum absolute atomic E-state index is 0.312. The first-order valence-electron chi connectivity index (χ1n) is 6.35. The summed E-state index contributed by atoms with van der Waals surface area (Å²) in [4.78, 5) is 12.6. The van der Waals surface area contributed by atoms with E-state index in [0.717, 1.165) is 13.0 Å². The molecule has 0 spiro atoms. The number of anilines is 2. The Morgan fingerprint density at radius 2 is 1.78 bits per heavy atom. The molecule has 1 aromatic rings. The first-order valence-corrected chi connectivity index (χ1v) is 6.35. The molecule has 0 aromatic carbocycles. The minimum atomic E-state index is 0.312. The summed E-state index contributed by atoms with van der Waals surface area (Å²) >= 11 is 0. The van der Waals surface area contributed by atoms with E-state index in [1.54, 1.807) is 7.11 Å². The lowest BCUT2D eigenvalue weighted by Crippen LogP contribution is -2.20. The molecule has 1 rings (SSSR count). The molecule has 18 heavy (non-hydrogen) atoms. The summed E-state index contributed by atoms with van der Waals surface area (Å²) in [5.74, 6) is 1.71. The van der Waals surface area contributed by atoms with Gasteiger partial charge in [-0.1, -0.05) is 13.8 Å². The molecule has 0 bridgehead atoms. The molecule has 0 aliphatic carbocycles. The van der Waals surface area contributed by atoms with Crippen LogP contribution >= 0.6 is 0 Å². The maximum atomic E-state index is 5.06. The summed E-state index contributed by atoms with van der Waals surface area (Å²) in [5, 5.41) is 6.32. The summed E-state index contributed by atoms with van der Waals surface area (Å²) < 4.78 is 5.06. The monoisotopic (exact) mass is 253 g/mol. The van der Waals surface area contributed by atoms with Crippen molar-refractivity contribution in [2.75, 3.05) is 24.3 Å². The first kappa shape index (κ1) is 14.5. The lowest BCUT2D eigenvalue weighted by molar-refractivity contribution is 0.379. The number of methoxy groups -OCH3 is 1. The van der Waals surface area contributed by atoms with Gasteiger partial charge in [0.2, 0.25) is 11.9 Å². The zero-order valence-corrected chi connectivity index (χ0v) is 11.8. The second kappa shape index (κ2) is 6.98. The molecule has 2 N–H and O–H groups in total. The van der Waals surface area contributed by atoms with E-state index in [1.165, 1.54) is 0 Å². The molecule has 0 saturated heterocycles. The van der Waals surface area contributed by atoms with E-state index < -0.39 is 0 Å². The van der Waals surface area contributed by atoms with Gasteiger partial charge in [-0.05, 0) is 26.2 Å². The maximum Gasteiger partial charge on any atom is 0.322 e. The Morgan fingerprint density at radius 3 is 2.33 bits per heavy atom. The number of nitrogens with zero attached hydrogens (tertiary/aromatic N) is 3. The Hall–Kier alpha value is -1.59. The van der Waals surface area contributed by atoms with Crippen molar-refractivity contribution < 1.29 is 4.74 Å². The van der Waals surface area contributed by atoms with Crippen LogP contribution in [0.15, 0.2) is 0 Å². The smallest absolute Gasteiger partial charge is 0.322 e. The molecule has 0 fully saturated rings. The Kier molecular flexibility index (Phi) is 5.61. The molecule has 1 atom stereocenters. The molecule has 1 unspecified atom stereocenters. The SMILES string of the molecule is CCNc1nc(NC(C)CC(C)C)nc(OC)n1. The molecule has 0 saturated carbocycles. The summed E-state index contributed by atoms with van der Waals surface area (Å²) in [6.45, 7) is 9.24. The zero-order chi connectivity index (χ0) is 13.5. The predicted molar refractivity (Wildman–Crippen MR) is 73.1 cm³/mol. The van der Waals surface area contributed by atoms with Gasteiger partial charge < -0.3 is 15.4 Å². The number of ether oxygens (including phenoxy) is 1. The van der Waals surface area contributed by atoms with Gasteiger partial charge in [-0.15, -0.1) is 0 Å². The van der Waals surface area contributed by atoms with E-state index in [0.29, 0.717) is 29.9 Å². The van der Waals surface area contributed by atoms with Crippen LogP contribution in [0.25, 0.3) is 0 Å². The summed E-state index contributed by atoms with van der Waals surface area (Å²) in [6, 6.07) is 0.631. The predicted octanol–water partition coefficient (Wildman–Crippen LogP) is 2.16. The summed E-state index contributed by atoms with van der Waals surface area (Å²) in [5.41, 5.74) is 0. The normalized spacial score (nSPS) is 12.3. The molecule has 1 heterocycles. The minimum Gasteiger partial charge on any atom is -0.467 e. The molecule has 6 heteroatoms. The standard InChI is InChI=1S/C12H23N5O/c1-6-13-10-15-11(17-12(16-10)18-5)14-9(4)7-8(2)3/h8-9H,6-7H2,1-5H3,(H2,13,14,15,16,17). The van der Waals surface area contributed by atoms with Crippen molar-refractivity contribution in [3.63, 3.8) is 0 Å². The second-order valence-corrected chi connectivity index (χ2v) is 4.67. The highest BCUT2D eigenvalue weighted by Crippen LogP contribution is 2.13. The third kappa shape index (κ3) is 4.73. The van der Waals surface area contributed by atoms with Crippen LogP contribution in [-0.2, 0) is 0 Å². The molecule has 0 aliphatic rings. The lowest BCUT2D eigenvalue weighted by Gasteiger charge is -2.16. The van der Waals surface area contributed by atoms with E-state index in [1.807, 2.05) is 6.92 Å². The van der Waals surface area contributed by atoms with Crippen molar-refractivity contribution in [3.8, 4) is 6.01 Å². The van der Waals surface area contributed by atoms with Gasteiger partial charge in [0.1, 0.15) is 0 Å². The van der Waals surface area contributed by atoms with Crippen LogP contribution in [-0.4, -0.2) is 34.6 Å². The van der Waals surface area contributed by atoms with E-state index in [9.17, 15) is 0 Å².